The average Bonchev–Trinajstić information content (AvgIpc) is 3.43. The Hall–Kier alpha value is -2.99. The standard InChI is InChI=1S/C24H22N2O3S/c27-22-16-30-24(26(22)15-21-6-3-13-29-21)19-9-7-18(8-10-19)23(28)25-12-11-17-4-1-2-5-20(17)14-25/h1-10,13,24H,11-12,14-16H2/t24-/m1/s1. The molecule has 0 bridgehead atoms. The summed E-state index contributed by atoms with van der Waals surface area (Å²) in [5.74, 6) is 1.39. The highest BCUT2D eigenvalue weighted by molar-refractivity contribution is 8.00. The van der Waals surface area contributed by atoms with Gasteiger partial charge in [0.15, 0.2) is 0 Å². The zero-order valence-corrected chi connectivity index (χ0v) is 17.3. The first-order chi connectivity index (χ1) is 14.7. The van der Waals surface area contributed by atoms with Crippen LogP contribution >= 0.6 is 11.8 Å². The highest BCUT2D eigenvalue weighted by Crippen LogP contribution is 2.39. The lowest BCUT2D eigenvalue weighted by molar-refractivity contribution is -0.128. The van der Waals surface area contributed by atoms with E-state index in [1.54, 1.807) is 18.0 Å². The minimum atomic E-state index is -0.0615. The molecule has 2 aromatic carbocycles. The molecule has 2 amide bonds. The summed E-state index contributed by atoms with van der Waals surface area (Å²) >= 11 is 1.61. The average molecular weight is 419 g/mol. The van der Waals surface area contributed by atoms with Crippen molar-refractivity contribution in [2.75, 3.05) is 12.3 Å². The van der Waals surface area contributed by atoms with Crippen molar-refractivity contribution < 1.29 is 14.0 Å². The fourth-order valence-electron chi connectivity index (χ4n) is 4.11. The lowest BCUT2D eigenvalue weighted by Gasteiger charge is -2.29. The monoisotopic (exact) mass is 418 g/mol. The summed E-state index contributed by atoms with van der Waals surface area (Å²) in [5, 5.41) is -0.0615. The van der Waals surface area contributed by atoms with Gasteiger partial charge in [0.25, 0.3) is 5.91 Å². The maximum Gasteiger partial charge on any atom is 0.254 e. The van der Waals surface area contributed by atoms with Gasteiger partial charge >= 0.3 is 0 Å². The van der Waals surface area contributed by atoms with E-state index in [2.05, 4.69) is 18.2 Å². The third-order valence-electron chi connectivity index (χ3n) is 5.74. The molecule has 3 aromatic rings. The van der Waals surface area contributed by atoms with Crippen LogP contribution in [-0.4, -0.2) is 33.9 Å². The molecule has 1 atom stereocenters. The highest BCUT2D eigenvalue weighted by Gasteiger charge is 2.33. The molecule has 5 rings (SSSR count). The smallest absolute Gasteiger partial charge is 0.254 e. The third-order valence-corrected chi connectivity index (χ3v) is 6.99. The van der Waals surface area contributed by atoms with E-state index in [0.29, 0.717) is 24.4 Å². The molecule has 0 radical (unpaired) electrons. The van der Waals surface area contributed by atoms with Gasteiger partial charge in [-0.15, -0.1) is 11.8 Å². The summed E-state index contributed by atoms with van der Waals surface area (Å²) in [6.45, 7) is 1.85. The number of thioether (sulfide) groups is 1. The quantitative estimate of drug-likeness (QED) is 0.636. The van der Waals surface area contributed by atoms with Crippen molar-refractivity contribution in [2.45, 2.75) is 24.9 Å². The molecule has 3 heterocycles. The van der Waals surface area contributed by atoms with Crippen molar-refractivity contribution in [3.63, 3.8) is 0 Å². The number of carbonyl (C=O) groups is 2. The van der Waals surface area contributed by atoms with Gasteiger partial charge in [0.05, 0.1) is 18.6 Å². The number of hydrogen-bond acceptors (Lipinski definition) is 4. The van der Waals surface area contributed by atoms with Crippen LogP contribution in [0.5, 0.6) is 0 Å². The number of amides is 2. The van der Waals surface area contributed by atoms with E-state index >= 15 is 0 Å². The second kappa shape index (κ2) is 8.03. The normalized spacial score (nSPS) is 18.5. The van der Waals surface area contributed by atoms with Gasteiger partial charge in [-0.1, -0.05) is 36.4 Å². The van der Waals surface area contributed by atoms with Crippen molar-refractivity contribution in [3.05, 3.63) is 94.9 Å². The number of fused-ring (bicyclic) bond motifs is 1. The van der Waals surface area contributed by atoms with Crippen molar-refractivity contribution >= 4 is 23.6 Å². The number of benzene rings is 2. The van der Waals surface area contributed by atoms with E-state index in [1.807, 2.05) is 52.3 Å². The Morgan fingerprint density at radius 2 is 1.83 bits per heavy atom. The summed E-state index contributed by atoms with van der Waals surface area (Å²) < 4.78 is 5.42. The number of nitrogens with zero attached hydrogens (tertiary/aromatic N) is 2. The molecule has 0 aliphatic carbocycles. The van der Waals surface area contributed by atoms with Crippen LogP contribution in [0.2, 0.25) is 0 Å². The summed E-state index contributed by atoms with van der Waals surface area (Å²) in [6, 6.07) is 19.7. The fourth-order valence-corrected chi connectivity index (χ4v) is 5.30. The second-order valence-electron chi connectivity index (χ2n) is 7.63. The van der Waals surface area contributed by atoms with Crippen LogP contribution in [0.4, 0.5) is 0 Å². The van der Waals surface area contributed by atoms with Crippen molar-refractivity contribution in [2.24, 2.45) is 0 Å². The van der Waals surface area contributed by atoms with Gasteiger partial charge in [0.2, 0.25) is 5.91 Å². The molecule has 2 aliphatic heterocycles. The molecule has 1 saturated heterocycles. The molecule has 0 N–H and O–H groups in total. The maximum atomic E-state index is 13.0. The summed E-state index contributed by atoms with van der Waals surface area (Å²) in [5.41, 5.74) is 4.27. The van der Waals surface area contributed by atoms with Crippen molar-refractivity contribution in [1.82, 2.24) is 9.80 Å². The second-order valence-corrected chi connectivity index (χ2v) is 8.70. The highest BCUT2D eigenvalue weighted by atomic mass is 32.2. The zero-order valence-electron chi connectivity index (χ0n) is 16.5. The molecule has 5 nitrogen and oxygen atoms in total. The van der Waals surface area contributed by atoms with Gasteiger partial charge in [0, 0.05) is 18.7 Å². The maximum absolute atomic E-state index is 13.0. The summed E-state index contributed by atoms with van der Waals surface area (Å²) in [7, 11) is 0. The Kier molecular flexibility index (Phi) is 5.09. The lowest BCUT2D eigenvalue weighted by Crippen LogP contribution is -2.35. The van der Waals surface area contributed by atoms with Crippen LogP contribution < -0.4 is 0 Å². The van der Waals surface area contributed by atoms with Crippen LogP contribution in [-0.2, 0) is 24.3 Å². The largest absolute Gasteiger partial charge is 0.467 e. The van der Waals surface area contributed by atoms with E-state index in [0.717, 1.165) is 24.3 Å². The lowest BCUT2D eigenvalue weighted by atomic mass is 9.99. The predicted octanol–water partition coefficient (Wildman–Crippen LogP) is 4.25. The first-order valence-electron chi connectivity index (χ1n) is 10.1. The molecule has 152 valence electrons. The van der Waals surface area contributed by atoms with Gasteiger partial charge in [-0.25, -0.2) is 0 Å². The number of carbonyl (C=O) groups excluding carboxylic acids is 2. The number of furan rings is 1. The molecule has 0 saturated carbocycles. The minimum Gasteiger partial charge on any atom is -0.467 e. The van der Waals surface area contributed by atoms with Crippen LogP contribution in [0, 0.1) is 0 Å². The first-order valence-corrected chi connectivity index (χ1v) is 11.1. The predicted molar refractivity (Wildman–Crippen MR) is 116 cm³/mol. The number of rotatable bonds is 4. The first kappa shape index (κ1) is 19.0. The van der Waals surface area contributed by atoms with Crippen LogP contribution in [0.1, 0.15) is 38.2 Å². The van der Waals surface area contributed by atoms with Crippen molar-refractivity contribution in [1.29, 1.82) is 0 Å². The Bertz CT molecular complexity index is 1060. The SMILES string of the molecule is O=C(c1ccc([C@H]2SCC(=O)N2Cc2ccco2)cc1)N1CCc2ccccc2C1. The van der Waals surface area contributed by atoms with E-state index in [9.17, 15) is 9.59 Å². The number of hydrogen-bond donors (Lipinski definition) is 0. The van der Waals surface area contributed by atoms with Crippen LogP contribution in [0.25, 0.3) is 0 Å². The Labute approximate surface area is 179 Å². The molecule has 1 aromatic heterocycles. The van der Waals surface area contributed by atoms with Gasteiger partial charge in [0.1, 0.15) is 11.1 Å². The third kappa shape index (κ3) is 3.63. The Morgan fingerprint density at radius 3 is 2.60 bits per heavy atom. The molecular formula is C24H22N2O3S. The van der Waals surface area contributed by atoms with Crippen LogP contribution in [0.3, 0.4) is 0 Å². The molecular weight excluding hydrogens is 396 g/mol. The molecule has 0 spiro atoms. The molecule has 30 heavy (non-hydrogen) atoms. The van der Waals surface area contributed by atoms with Crippen LogP contribution in [0.15, 0.2) is 71.3 Å². The summed E-state index contributed by atoms with van der Waals surface area (Å²) in [6.07, 6.45) is 2.51. The van der Waals surface area contributed by atoms with Gasteiger partial charge < -0.3 is 14.2 Å². The van der Waals surface area contributed by atoms with E-state index in [4.69, 9.17) is 4.42 Å². The topological polar surface area (TPSA) is 53.8 Å². The van der Waals surface area contributed by atoms with Crippen molar-refractivity contribution in [3.8, 4) is 0 Å². The van der Waals surface area contributed by atoms with E-state index in [-0.39, 0.29) is 17.2 Å². The molecule has 2 aliphatic rings. The fraction of sp³-hybridized carbons (Fsp3) is 0.250. The van der Waals surface area contributed by atoms with Gasteiger partial charge in [-0.3, -0.25) is 9.59 Å². The minimum absolute atomic E-state index is 0.0543. The Morgan fingerprint density at radius 1 is 1.03 bits per heavy atom. The van der Waals surface area contributed by atoms with Gasteiger partial charge in [-0.2, -0.15) is 0 Å². The zero-order chi connectivity index (χ0) is 20.5. The summed E-state index contributed by atoms with van der Waals surface area (Å²) in [4.78, 5) is 29.1. The van der Waals surface area contributed by atoms with E-state index in [1.165, 1.54) is 11.1 Å². The van der Waals surface area contributed by atoms with E-state index < -0.39 is 0 Å². The van der Waals surface area contributed by atoms with Gasteiger partial charge in [-0.05, 0) is 47.4 Å². The molecule has 1 fully saturated rings. The molecule has 0 unspecified atom stereocenters. The molecule has 6 heteroatoms. The Balaban J connectivity index is 1.30.